The fourth-order valence-corrected chi connectivity index (χ4v) is 3.69. The van der Waals surface area contributed by atoms with Gasteiger partial charge in [-0.25, -0.2) is 13.4 Å². The Morgan fingerprint density at radius 2 is 2.35 bits per heavy atom. The van der Waals surface area contributed by atoms with Gasteiger partial charge < -0.3 is 4.98 Å². The largest absolute Gasteiger partial charge is 0.332 e. The zero-order valence-corrected chi connectivity index (χ0v) is 11.1. The lowest BCUT2D eigenvalue weighted by molar-refractivity contribution is 0.280. The summed E-state index contributed by atoms with van der Waals surface area (Å²) in [6.07, 6.45) is 4.18. The minimum atomic E-state index is -3.37. The molecule has 1 aliphatic rings. The Hall–Kier alpha value is -0.880. The molecule has 0 aromatic carbocycles. The van der Waals surface area contributed by atoms with E-state index in [4.69, 9.17) is 0 Å². The molecule has 0 saturated carbocycles. The van der Waals surface area contributed by atoms with E-state index in [1.165, 1.54) is 6.20 Å². The highest BCUT2D eigenvalue weighted by atomic mass is 32.2. The Morgan fingerprint density at radius 3 is 2.94 bits per heavy atom. The van der Waals surface area contributed by atoms with Crippen LogP contribution in [0.15, 0.2) is 11.2 Å². The van der Waals surface area contributed by atoms with E-state index < -0.39 is 10.0 Å². The van der Waals surface area contributed by atoms with Gasteiger partial charge in [-0.1, -0.05) is 13.8 Å². The van der Waals surface area contributed by atoms with Crippen molar-refractivity contribution in [2.75, 3.05) is 13.1 Å². The zero-order valence-electron chi connectivity index (χ0n) is 10.3. The Bertz CT molecular complexity index is 481. The molecule has 1 fully saturated rings. The van der Waals surface area contributed by atoms with Gasteiger partial charge in [-0.15, -0.1) is 0 Å². The predicted octanol–water partition coefficient (Wildman–Crippen LogP) is 1.39. The first-order valence-electron chi connectivity index (χ1n) is 6.08. The van der Waals surface area contributed by atoms with Gasteiger partial charge in [0.1, 0.15) is 5.82 Å². The highest BCUT2D eigenvalue weighted by Gasteiger charge is 2.29. The summed E-state index contributed by atoms with van der Waals surface area (Å²) >= 11 is 0. The van der Waals surface area contributed by atoms with E-state index >= 15 is 0 Å². The number of aromatic amines is 1. The highest BCUT2D eigenvalue weighted by molar-refractivity contribution is 7.89. The summed E-state index contributed by atoms with van der Waals surface area (Å²) in [6.45, 7) is 5.26. The number of H-pyrrole nitrogens is 1. The van der Waals surface area contributed by atoms with Gasteiger partial charge in [0.15, 0.2) is 5.03 Å². The monoisotopic (exact) mass is 257 g/mol. The average molecular weight is 257 g/mol. The second-order valence-corrected chi connectivity index (χ2v) is 6.56. The number of aryl methyl sites for hydroxylation is 1. The Balaban J connectivity index is 2.23. The lowest BCUT2D eigenvalue weighted by atomic mass is 10.0. The van der Waals surface area contributed by atoms with Crippen LogP contribution in [0.3, 0.4) is 0 Å². The van der Waals surface area contributed by atoms with Crippen molar-refractivity contribution in [2.24, 2.45) is 5.92 Å². The molecule has 1 aromatic rings. The molecule has 96 valence electrons. The van der Waals surface area contributed by atoms with E-state index in [1.54, 1.807) is 4.31 Å². The topological polar surface area (TPSA) is 66.1 Å². The van der Waals surface area contributed by atoms with Gasteiger partial charge >= 0.3 is 0 Å². The zero-order chi connectivity index (χ0) is 12.5. The lowest BCUT2D eigenvalue weighted by Gasteiger charge is -2.29. The molecule has 1 N–H and O–H groups in total. The average Bonchev–Trinajstić information content (AvgIpc) is 2.78. The number of nitrogens with one attached hydrogen (secondary N) is 1. The van der Waals surface area contributed by atoms with Crippen molar-refractivity contribution in [1.82, 2.24) is 14.3 Å². The van der Waals surface area contributed by atoms with Crippen molar-refractivity contribution in [1.29, 1.82) is 0 Å². The minimum absolute atomic E-state index is 0.225. The first-order chi connectivity index (χ1) is 8.04. The molecule has 0 radical (unpaired) electrons. The smallest absolute Gasteiger partial charge is 0.260 e. The second-order valence-electron chi connectivity index (χ2n) is 4.66. The van der Waals surface area contributed by atoms with E-state index in [9.17, 15) is 8.42 Å². The van der Waals surface area contributed by atoms with Crippen molar-refractivity contribution < 1.29 is 8.42 Å². The number of hydrogen-bond donors (Lipinski definition) is 1. The quantitative estimate of drug-likeness (QED) is 0.890. The van der Waals surface area contributed by atoms with Gasteiger partial charge in [0.2, 0.25) is 0 Å². The third kappa shape index (κ3) is 2.52. The Labute approximate surface area is 102 Å². The second kappa shape index (κ2) is 4.78. The van der Waals surface area contributed by atoms with Crippen LogP contribution in [0.25, 0.3) is 0 Å². The highest BCUT2D eigenvalue weighted by Crippen LogP contribution is 2.22. The number of rotatable bonds is 3. The third-order valence-electron chi connectivity index (χ3n) is 3.18. The summed E-state index contributed by atoms with van der Waals surface area (Å²) in [4.78, 5) is 6.93. The summed E-state index contributed by atoms with van der Waals surface area (Å²) in [5.41, 5.74) is 0. The van der Waals surface area contributed by atoms with Gasteiger partial charge in [0.25, 0.3) is 10.0 Å². The standard InChI is InChI=1S/C11H19N3O2S/c1-3-10-12-7-11(13-10)17(15,16)14-6-4-5-9(2)8-14/h7,9H,3-6,8H2,1-2H3,(H,12,13). The van der Waals surface area contributed by atoms with Crippen LogP contribution in [-0.2, 0) is 16.4 Å². The van der Waals surface area contributed by atoms with Crippen LogP contribution in [0, 0.1) is 5.92 Å². The molecule has 1 atom stereocenters. The lowest BCUT2D eigenvalue weighted by Crippen LogP contribution is -2.39. The molecule has 2 rings (SSSR count). The summed E-state index contributed by atoms with van der Waals surface area (Å²) in [6, 6.07) is 0. The normalized spacial score (nSPS) is 22.8. The van der Waals surface area contributed by atoms with Gasteiger partial charge in [-0.3, -0.25) is 0 Å². The molecule has 6 heteroatoms. The number of aromatic nitrogens is 2. The van der Waals surface area contributed by atoms with Crippen LogP contribution in [0.2, 0.25) is 0 Å². The SMILES string of the molecule is CCc1ncc(S(=O)(=O)N2CCCC(C)C2)[nH]1. The van der Waals surface area contributed by atoms with Gasteiger partial charge in [0, 0.05) is 19.5 Å². The molecule has 17 heavy (non-hydrogen) atoms. The molecule has 0 spiro atoms. The predicted molar refractivity (Wildman–Crippen MR) is 65.1 cm³/mol. The maximum atomic E-state index is 12.3. The fraction of sp³-hybridized carbons (Fsp3) is 0.727. The maximum Gasteiger partial charge on any atom is 0.260 e. The van der Waals surface area contributed by atoms with Crippen LogP contribution in [-0.4, -0.2) is 35.8 Å². The Kier molecular flexibility index (Phi) is 3.53. The molecule has 1 aromatic heterocycles. The van der Waals surface area contributed by atoms with Crippen LogP contribution < -0.4 is 0 Å². The van der Waals surface area contributed by atoms with E-state index in [1.807, 2.05) is 6.92 Å². The van der Waals surface area contributed by atoms with Crippen molar-refractivity contribution in [2.45, 2.75) is 38.1 Å². The molecule has 0 amide bonds. The summed E-state index contributed by atoms with van der Waals surface area (Å²) < 4.78 is 26.2. The van der Waals surface area contributed by atoms with E-state index in [-0.39, 0.29) is 5.03 Å². The number of imidazole rings is 1. The number of sulfonamides is 1. The molecule has 1 saturated heterocycles. The van der Waals surface area contributed by atoms with Crippen molar-refractivity contribution in [3.05, 3.63) is 12.0 Å². The van der Waals surface area contributed by atoms with Crippen molar-refractivity contribution >= 4 is 10.0 Å². The van der Waals surface area contributed by atoms with Crippen LogP contribution >= 0.6 is 0 Å². The molecule has 0 bridgehead atoms. The summed E-state index contributed by atoms with van der Waals surface area (Å²) in [5.74, 6) is 1.15. The molecule has 0 aliphatic carbocycles. The van der Waals surface area contributed by atoms with Gasteiger partial charge in [-0.2, -0.15) is 4.31 Å². The van der Waals surface area contributed by atoms with E-state index in [2.05, 4.69) is 16.9 Å². The van der Waals surface area contributed by atoms with Crippen molar-refractivity contribution in [3.63, 3.8) is 0 Å². The van der Waals surface area contributed by atoms with E-state index in [0.717, 1.165) is 12.8 Å². The molecule has 2 heterocycles. The van der Waals surface area contributed by atoms with Crippen LogP contribution in [0.5, 0.6) is 0 Å². The summed E-state index contributed by atoms with van der Waals surface area (Å²) in [7, 11) is -3.37. The van der Waals surface area contributed by atoms with E-state index in [0.29, 0.717) is 31.3 Å². The Morgan fingerprint density at radius 1 is 1.59 bits per heavy atom. The molecule has 1 aliphatic heterocycles. The first-order valence-corrected chi connectivity index (χ1v) is 7.52. The first kappa shape index (κ1) is 12.6. The molecule has 1 unspecified atom stereocenters. The van der Waals surface area contributed by atoms with Crippen LogP contribution in [0.1, 0.15) is 32.5 Å². The third-order valence-corrected chi connectivity index (χ3v) is 4.95. The van der Waals surface area contributed by atoms with Gasteiger partial charge in [0.05, 0.1) is 6.20 Å². The molecular weight excluding hydrogens is 238 g/mol. The number of nitrogens with zero attached hydrogens (tertiary/aromatic N) is 2. The van der Waals surface area contributed by atoms with Gasteiger partial charge in [-0.05, 0) is 18.8 Å². The maximum absolute atomic E-state index is 12.3. The number of hydrogen-bond acceptors (Lipinski definition) is 3. The minimum Gasteiger partial charge on any atom is -0.332 e. The molecule has 5 nitrogen and oxygen atoms in total. The fourth-order valence-electron chi connectivity index (χ4n) is 2.16. The van der Waals surface area contributed by atoms with Crippen LogP contribution in [0.4, 0.5) is 0 Å². The molecular formula is C11H19N3O2S. The van der Waals surface area contributed by atoms with Crippen molar-refractivity contribution in [3.8, 4) is 0 Å². The summed E-state index contributed by atoms with van der Waals surface area (Å²) in [5, 5.41) is 0.225. The number of piperidine rings is 1.